The van der Waals surface area contributed by atoms with Crippen molar-refractivity contribution in [1.29, 1.82) is 0 Å². The maximum atomic E-state index is 11.1. The van der Waals surface area contributed by atoms with E-state index in [1.54, 1.807) is 6.21 Å². The highest BCUT2D eigenvalue weighted by atomic mass is 16.6. The number of hydrogen-bond donors (Lipinski definition) is 1. The Morgan fingerprint density at radius 1 is 1.04 bits per heavy atom. The average molecular weight is 338 g/mol. The van der Waals surface area contributed by atoms with Gasteiger partial charge in [0.15, 0.2) is 0 Å². The zero-order chi connectivity index (χ0) is 17.8. The number of nitrogens with zero attached hydrogens (tertiary/aromatic N) is 3. The molecule has 8 heteroatoms. The summed E-state index contributed by atoms with van der Waals surface area (Å²) in [6.45, 7) is 0. The van der Waals surface area contributed by atoms with Gasteiger partial charge >= 0.3 is 5.69 Å². The maximum absolute atomic E-state index is 11.1. The van der Waals surface area contributed by atoms with Crippen LogP contribution in [-0.2, 0) is 0 Å². The Kier molecular flexibility index (Phi) is 4.51. The minimum Gasteiger partial charge on any atom is -0.272 e. The highest BCUT2D eigenvalue weighted by molar-refractivity contribution is 5.82. The van der Waals surface area contributed by atoms with Crippen molar-refractivity contribution in [2.45, 2.75) is 0 Å². The SMILES string of the molecule is O=[N+]([O-])c1ccc(NN=CC2=CC3C=CC2/C=C\C=C/3)c([N+](=O)[O-])c1. The summed E-state index contributed by atoms with van der Waals surface area (Å²) in [5.74, 6) is 0.287. The molecule has 2 unspecified atom stereocenters. The fourth-order valence-corrected chi connectivity index (χ4v) is 2.60. The Morgan fingerprint density at radius 2 is 1.84 bits per heavy atom. The summed E-state index contributed by atoms with van der Waals surface area (Å²) in [7, 11) is 0. The van der Waals surface area contributed by atoms with E-state index < -0.39 is 15.5 Å². The second-order valence-electron chi connectivity index (χ2n) is 5.51. The van der Waals surface area contributed by atoms with Crippen molar-refractivity contribution < 1.29 is 9.85 Å². The van der Waals surface area contributed by atoms with Gasteiger partial charge in [-0.15, -0.1) is 0 Å². The largest absolute Gasteiger partial charge is 0.301 e. The first-order valence-corrected chi connectivity index (χ1v) is 7.51. The lowest BCUT2D eigenvalue weighted by Gasteiger charge is -2.18. The molecular weight excluding hydrogens is 324 g/mol. The molecule has 3 aliphatic carbocycles. The molecule has 1 aromatic carbocycles. The molecule has 1 aromatic rings. The maximum Gasteiger partial charge on any atom is 0.301 e. The van der Waals surface area contributed by atoms with Crippen LogP contribution in [0.1, 0.15) is 0 Å². The highest BCUT2D eigenvalue weighted by Crippen LogP contribution is 2.29. The molecule has 0 aliphatic heterocycles. The van der Waals surface area contributed by atoms with Crippen molar-refractivity contribution in [1.82, 2.24) is 0 Å². The summed E-state index contributed by atoms with van der Waals surface area (Å²) >= 11 is 0. The van der Waals surface area contributed by atoms with Crippen molar-refractivity contribution in [2.24, 2.45) is 16.9 Å². The van der Waals surface area contributed by atoms with Crippen molar-refractivity contribution in [3.05, 3.63) is 86.5 Å². The van der Waals surface area contributed by atoms with Crippen LogP contribution in [0.3, 0.4) is 0 Å². The van der Waals surface area contributed by atoms with Crippen LogP contribution in [0, 0.1) is 32.1 Å². The first-order chi connectivity index (χ1) is 12.0. The van der Waals surface area contributed by atoms with Crippen molar-refractivity contribution >= 4 is 23.3 Å². The van der Waals surface area contributed by atoms with Crippen LogP contribution in [0.25, 0.3) is 0 Å². The van der Waals surface area contributed by atoms with Gasteiger partial charge in [0.2, 0.25) is 0 Å². The number of anilines is 1. The van der Waals surface area contributed by atoms with E-state index >= 15 is 0 Å². The predicted octanol–water partition coefficient (Wildman–Crippen LogP) is 3.76. The molecule has 0 spiro atoms. The van der Waals surface area contributed by atoms with Crippen LogP contribution in [0.4, 0.5) is 17.1 Å². The van der Waals surface area contributed by atoms with E-state index in [1.165, 1.54) is 12.1 Å². The predicted molar refractivity (Wildman–Crippen MR) is 94.3 cm³/mol. The third-order valence-electron chi connectivity index (χ3n) is 3.86. The first kappa shape index (κ1) is 16.3. The van der Waals surface area contributed by atoms with Gasteiger partial charge in [0.1, 0.15) is 5.69 Å². The highest BCUT2D eigenvalue weighted by Gasteiger charge is 2.19. The van der Waals surface area contributed by atoms with Gasteiger partial charge in [-0.25, -0.2) is 0 Å². The lowest BCUT2D eigenvalue weighted by atomic mass is 9.87. The van der Waals surface area contributed by atoms with Crippen molar-refractivity contribution in [3.8, 4) is 0 Å². The molecule has 0 amide bonds. The monoisotopic (exact) mass is 338 g/mol. The smallest absolute Gasteiger partial charge is 0.272 e. The number of allylic oxidation sites excluding steroid dienone is 8. The van der Waals surface area contributed by atoms with Crippen molar-refractivity contribution in [3.63, 3.8) is 0 Å². The summed E-state index contributed by atoms with van der Waals surface area (Å²) in [5.41, 5.74) is 2.91. The zero-order valence-electron chi connectivity index (χ0n) is 13.0. The number of nitro benzene ring substituents is 2. The van der Waals surface area contributed by atoms with Crippen LogP contribution >= 0.6 is 0 Å². The van der Waals surface area contributed by atoms with Crippen LogP contribution in [0.5, 0.6) is 0 Å². The van der Waals surface area contributed by atoms with Crippen molar-refractivity contribution in [2.75, 3.05) is 5.43 Å². The Hall–Kier alpha value is -3.55. The molecule has 0 heterocycles. The third kappa shape index (κ3) is 3.69. The van der Waals surface area contributed by atoms with E-state index in [4.69, 9.17) is 0 Å². The summed E-state index contributed by atoms with van der Waals surface area (Å²) in [5, 5.41) is 25.9. The zero-order valence-corrected chi connectivity index (χ0v) is 13.0. The standard InChI is InChI=1S/C17H14N4O4/c22-20(23)15-7-8-16(17(10-15)21(24)25)19-18-11-14-9-12-3-1-2-4-13(14)6-5-12/h1-13,19H/b3-1-,4-2-,18-11?. The van der Waals surface area contributed by atoms with Gasteiger partial charge in [0, 0.05) is 17.9 Å². The van der Waals surface area contributed by atoms with Crippen LogP contribution < -0.4 is 5.43 Å². The molecule has 0 fully saturated rings. The number of hydrazone groups is 1. The molecule has 0 saturated heterocycles. The average Bonchev–Trinajstić information content (AvgIpc) is 2.55. The van der Waals surface area contributed by atoms with E-state index in [-0.39, 0.29) is 23.2 Å². The quantitative estimate of drug-likeness (QED) is 0.380. The number of hydrogen-bond acceptors (Lipinski definition) is 6. The lowest BCUT2D eigenvalue weighted by molar-refractivity contribution is -0.393. The normalized spacial score (nSPS) is 23.6. The topological polar surface area (TPSA) is 111 Å². The second-order valence-corrected chi connectivity index (χ2v) is 5.51. The molecule has 2 atom stereocenters. The second kappa shape index (κ2) is 6.91. The molecule has 126 valence electrons. The summed E-state index contributed by atoms with van der Waals surface area (Å²) in [4.78, 5) is 20.5. The number of fused-ring (bicyclic) bond motifs is 1. The van der Waals surface area contributed by atoms with E-state index in [2.05, 4.69) is 28.8 Å². The minimum atomic E-state index is -0.682. The van der Waals surface area contributed by atoms with Crippen LogP contribution in [0.15, 0.2) is 71.4 Å². The van der Waals surface area contributed by atoms with Gasteiger partial charge in [-0.3, -0.25) is 25.7 Å². The van der Waals surface area contributed by atoms with Gasteiger partial charge < -0.3 is 0 Å². The first-order valence-electron chi connectivity index (χ1n) is 7.51. The van der Waals surface area contributed by atoms with E-state index in [1.807, 2.05) is 24.3 Å². The van der Waals surface area contributed by atoms with E-state index in [9.17, 15) is 20.2 Å². The van der Waals surface area contributed by atoms with Crippen LogP contribution in [-0.4, -0.2) is 16.1 Å². The molecule has 8 nitrogen and oxygen atoms in total. The van der Waals surface area contributed by atoms with Gasteiger partial charge in [0.05, 0.1) is 22.1 Å². The molecule has 0 radical (unpaired) electrons. The Labute approximate surface area is 142 Å². The number of non-ortho nitro benzene ring substituents is 1. The Balaban J connectivity index is 1.80. The van der Waals surface area contributed by atoms with Gasteiger partial charge in [-0.05, 0) is 11.6 Å². The molecule has 2 bridgehead atoms. The Morgan fingerprint density at radius 3 is 2.60 bits per heavy atom. The fraction of sp³-hybridized carbons (Fsp3) is 0.118. The van der Waals surface area contributed by atoms with Gasteiger partial charge in [0.25, 0.3) is 5.69 Å². The molecule has 3 aliphatic rings. The van der Waals surface area contributed by atoms with E-state index in [0.29, 0.717) is 0 Å². The number of benzene rings is 1. The summed E-state index contributed by atoms with van der Waals surface area (Å²) in [6.07, 6.45) is 15.9. The molecular formula is C17H14N4O4. The molecule has 1 N–H and O–H groups in total. The fourth-order valence-electron chi connectivity index (χ4n) is 2.60. The van der Waals surface area contributed by atoms with Gasteiger partial charge in [-0.1, -0.05) is 42.5 Å². The lowest BCUT2D eigenvalue weighted by Crippen LogP contribution is -2.09. The number of rotatable bonds is 5. The van der Waals surface area contributed by atoms with Crippen LogP contribution in [0.2, 0.25) is 0 Å². The summed E-state index contributed by atoms with van der Waals surface area (Å²) < 4.78 is 0. The molecule has 0 aromatic heterocycles. The molecule has 4 rings (SSSR count). The number of nitrogens with one attached hydrogen (secondary N) is 1. The van der Waals surface area contributed by atoms with Gasteiger partial charge in [-0.2, -0.15) is 5.10 Å². The molecule has 25 heavy (non-hydrogen) atoms. The summed E-state index contributed by atoms with van der Waals surface area (Å²) in [6, 6.07) is 3.37. The molecule has 0 saturated carbocycles. The number of nitro groups is 2. The minimum absolute atomic E-state index is 0.0921. The third-order valence-corrected chi connectivity index (χ3v) is 3.86. The Bertz CT molecular complexity index is 867. The van der Waals surface area contributed by atoms with E-state index in [0.717, 1.165) is 11.6 Å².